The molecule has 168 valence electrons. The van der Waals surface area contributed by atoms with E-state index in [2.05, 4.69) is 10.1 Å². The molecule has 2 fully saturated rings. The largest absolute Gasteiger partial charge is 0.507 e. The van der Waals surface area contributed by atoms with Crippen LogP contribution >= 0.6 is 0 Å². The fourth-order valence-corrected chi connectivity index (χ4v) is 4.63. The number of phenolic OH excluding ortho intramolecular Hbond substituents is 1. The van der Waals surface area contributed by atoms with Crippen molar-refractivity contribution in [1.82, 2.24) is 19.7 Å². The first-order chi connectivity index (χ1) is 15.1. The molecular weight excluding hydrogens is 421 g/mol. The number of carbonyl (C=O) groups excluding carboxylic acids is 1. The lowest BCUT2D eigenvalue weighted by atomic mass is 10.00. The molecule has 0 unspecified atom stereocenters. The minimum atomic E-state index is -4.54. The molecule has 6 nitrogen and oxygen atoms in total. The van der Waals surface area contributed by atoms with Gasteiger partial charge in [-0.25, -0.2) is 4.98 Å². The lowest BCUT2D eigenvalue weighted by Crippen LogP contribution is -2.27. The Morgan fingerprint density at radius 2 is 1.94 bits per heavy atom. The Balaban J connectivity index is 1.45. The number of phenols is 1. The van der Waals surface area contributed by atoms with Gasteiger partial charge in [0.15, 0.2) is 5.65 Å². The van der Waals surface area contributed by atoms with E-state index in [-0.39, 0.29) is 23.0 Å². The minimum absolute atomic E-state index is 0.191. The van der Waals surface area contributed by atoms with E-state index in [1.54, 1.807) is 6.07 Å². The number of aryl methyl sites for hydroxylation is 2. The lowest BCUT2D eigenvalue weighted by molar-refractivity contribution is -0.137. The zero-order valence-electron chi connectivity index (χ0n) is 17.8. The summed E-state index contributed by atoms with van der Waals surface area (Å²) >= 11 is 0. The molecule has 2 aliphatic rings. The molecular formula is C23H23F3N4O2. The van der Waals surface area contributed by atoms with Crippen molar-refractivity contribution in [2.45, 2.75) is 51.9 Å². The van der Waals surface area contributed by atoms with Gasteiger partial charge in [0.2, 0.25) is 5.91 Å². The van der Waals surface area contributed by atoms with Crippen LogP contribution in [0.5, 0.6) is 5.75 Å². The maximum atomic E-state index is 13.0. The van der Waals surface area contributed by atoms with Crippen LogP contribution in [0.1, 0.15) is 36.1 Å². The summed E-state index contributed by atoms with van der Waals surface area (Å²) < 4.78 is 41.0. The predicted molar refractivity (Wildman–Crippen MR) is 112 cm³/mol. The molecule has 0 spiro atoms. The minimum Gasteiger partial charge on any atom is -0.507 e. The van der Waals surface area contributed by atoms with Crippen LogP contribution in [0.15, 0.2) is 24.3 Å². The zero-order valence-corrected chi connectivity index (χ0v) is 17.8. The summed E-state index contributed by atoms with van der Waals surface area (Å²) in [6, 6.07) is 5.65. The highest BCUT2D eigenvalue weighted by molar-refractivity contribution is 5.83. The molecule has 1 N–H and O–H groups in total. The SMILES string of the molecule is Cc1cc(C(F)(F)F)cc(O)c1-c1ccc2c(C)n(C[C@@H]3CC(=O)N(C4CC4)C3)nc2n1. The van der Waals surface area contributed by atoms with Crippen LogP contribution in [-0.2, 0) is 17.5 Å². The van der Waals surface area contributed by atoms with Crippen molar-refractivity contribution in [2.75, 3.05) is 6.54 Å². The summed E-state index contributed by atoms with van der Waals surface area (Å²) in [6.45, 7) is 4.81. The van der Waals surface area contributed by atoms with E-state index >= 15 is 0 Å². The van der Waals surface area contributed by atoms with Crippen LogP contribution in [0.3, 0.4) is 0 Å². The Kier molecular flexibility index (Phi) is 4.69. The number of halogens is 3. The first-order valence-electron chi connectivity index (χ1n) is 10.7. The van der Waals surface area contributed by atoms with Crippen molar-refractivity contribution in [3.63, 3.8) is 0 Å². The smallest absolute Gasteiger partial charge is 0.416 e. The summed E-state index contributed by atoms with van der Waals surface area (Å²) in [5.74, 6) is -0.0673. The Hall–Kier alpha value is -3.10. The molecule has 3 heterocycles. The number of likely N-dealkylation sites (tertiary alicyclic amines) is 1. The molecule has 3 aromatic rings. The second kappa shape index (κ2) is 7.21. The second-order valence-electron chi connectivity index (χ2n) is 8.87. The number of carbonyl (C=O) groups is 1. The van der Waals surface area contributed by atoms with Crippen molar-refractivity contribution in [1.29, 1.82) is 0 Å². The van der Waals surface area contributed by atoms with Gasteiger partial charge in [-0.3, -0.25) is 9.48 Å². The number of alkyl halides is 3. The third-order valence-electron chi connectivity index (χ3n) is 6.42. The van der Waals surface area contributed by atoms with Gasteiger partial charge in [0.25, 0.3) is 0 Å². The van der Waals surface area contributed by atoms with Gasteiger partial charge in [-0.1, -0.05) is 0 Å². The van der Waals surface area contributed by atoms with Crippen LogP contribution in [0.2, 0.25) is 0 Å². The number of benzene rings is 1. The quantitative estimate of drug-likeness (QED) is 0.646. The molecule has 1 amide bonds. The standard InChI is InChI=1S/C23H23F3N4O2/c1-12-7-15(23(24,25)26)9-19(31)21(12)18-6-5-17-13(2)30(28-22(17)27-18)11-14-8-20(32)29(10-14)16-3-4-16/h5-7,9,14,16,31H,3-4,8,10-11H2,1-2H3/t14-/m1/s1. The van der Waals surface area contributed by atoms with Crippen LogP contribution in [0, 0.1) is 19.8 Å². The fourth-order valence-electron chi connectivity index (χ4n) is 4.63. The normalized spacial score (nSPS) is 19.3. The first-order valence-corrected chi connectivity index (χ1v) is 10.7. The molecule has 1 saturated carbocycles. The van der Waals surface area contributed by atoms with Gasteiger partial charge in [-0.15, -0.1) is 0 Å². The summed E-state index contributed by atoms with van der Waals surface area (Å²) in [5.41, 5.74) is 1.39. The summed E-state index contributed by atoms with van der Waals surface area (Å²) in [6.07, 6.45) is -1.84. The van der Waals surface area contributed by atoms with E-state index in [0.717, 1.165) is 42.6 Å². The van der Waals surface area contributed by atoms with Crippen LogP contribution in [-0.4, -0.2) is 43.3 Å². The van der Waals surface area contributed by atoms with Crippen molar-refractivity contribution in [2.24, 2.45) is 5.92 Å². The molecule has 5 rings (SSSR count). The van der Waals surface area contributed by atoms with E-state index in [9.17, 15) is 23.1 Å². The number of hydrogen-bond donors (Lipinski definition) is 1. The van der Waals surface area contributed by atoms with Crippen molar-refractivity contribution in [3.05, 3.63) is 41.1 Å². The lowest BCUT2D eigenvalue weighted by Gasteiger charge is -2.15. The molecule has 1 aromatic carbocycles. The van der Waals surface area contributed by atoms with Gasteiger partial charge in [0, 0.05) is 48.1 Å². The number of rotatable bonds is 4. The predicted octanol–water partition coefficient (Wildman–Crippen LogP) is 4.45. The molecule has 32 heavy (non-hydrogen) atoms. The number of fused-ring (bicyclic) bond motifs is 1. The van der Waals surface area contributed by atoms with Gasteiger partial charge in [-0.2, -0.15) is 18.3 Å². The van der Waals surface area contributed by atoms with Gasteiger partial charge in [-0.05, 0) is 56.5 Å². The molecule has 1 aliphatic heterocycles. The van der Waals surface area contributed by atoms with E-state index in [0.29, 0.717) is 30.3 Å². The second-order valence-corrected chi connectivity index (χ2v) is 8.87. The number of pyridine rings is 1. The monoisotopic (exact) mass is 444 g/mol. The van der Waals surface area contributed by atoms with Crippen LogP contribution in [0.25, 0.3) is 22.3 Å². The average Bonchev–Trinajstić information content (AvgIpc) is 3.42. The fraction of sp³-hybridized carbons (Fsp3) is 0.435. The van der Waals surface area contributed by atoms with Gasteiger partial charge in [0.05, 0.1) is 11.3 Å². The van der Waals surface area contributed by atoms with E-state index < -0.39 is 17.5 Å². The Labute approximate surface area is 182 Å². The Morgan fingerprint density at radius 3 is 2.59 bits per heavy atom. The maximum Gasteiger partial charge on any atom is 0.416 e. The van der Waals surface area contributed by atoms with Crippen molar-refractivity contribution >= 4 is 16.9 Å². The number of nitrogens with zero attached hydrogens (tertiary/aromatic N) is 4. The highest BCUT2D eigenvalue weighted by Crippen LogP contribution is 2.39. The molecule has 2 aromatic heterocycles. The molecule has 0 radical (unpaired) electrons. The Bertz CT molecular complexity index is 1210. The average molecular weight is 444 g/mol. The van der Waals surface area contributed by atoms with E-state index in [1.165, 1.54) is 6.92 Å². The van der Waals surface area contributed by atoms with E-state index in [1.807, 2.05) is 22.6 Å². The topological polar surface area (TPSA) is 71.2 Å². The molecule has 1 aliphatic carbocycles. The third kappa shape index (κ3) is 3.59. The van der Waals surface area contributed by atoms with E-state index in [4.69, 9.17) is 0 Å². The molecule has 0 bridgehead atoms. The summed E-state index contributed by atoms with van der Waals surface area (Å²) in [7, 11) is 0. The molecule has 1 atom stereocenters. The number of hydrogen-bond acceptors (Lipinski definition) is 4. The van der Waals surface area contributed by atoms with Gasteiger partial charge < -0.3 is 10.0 Å². The number of aromatic nitrogens is 3. The highest BCUT2D eigenvalue weighted by atomic mass is 19.4. The van der Waals surface area contributed by atoms with Gasteiger partial charge in [0.1, 0.15) is 5.75 Å². The maximum absolute atomic E-state index is 13.0. The Morgan fingerprint density at radius 1 is 1.19 bits per heavy atom. The zero-order chi connectivity index (χ0) is 22.8. The van der Waals surface area contributed by atoms with Gasteiger partial charge >= 0.3 is 6.18 Å². The van der Waals surface area contributed by atoms with Crippen molar-refractivity contribution < 1.29 is 23.1 Å². The molecule has 9 heteroatoms. The number of amides is 1. The summed E-state index contributed by atoms with van der Waals surface area (Å²) in [4.78, 5) is 18.8. The molecule has 1 saturated heterocycles. The van der Waals surface area contributed by atoms with Crippen LogP contribution in [0.4, 0.5) is 13.2 Å². The summed E-state index contributed by atoms with van der Waals surface area (Å²) in [5, 5.41) is 15.7. The van der Waals surface area contributed by atoms with Crippen LogP contribution < -0.4 is 0 Å². The number of aromatic hydroxyl groups is 1. The highest BCUT2D eigenvalue weighted by Gasteiger charge is 2.39. The van der Waals surface area contributed by atoms with Crippen molar-refractivity contribution in [3.8, 4) is 17.0 Å². The third-order valence-corrected chi connectivity index (χ3v) is 6.42. The first kappa shape index (κ1) is 20.8.